The Kier molecular flexibility index (Phi) is 3.75. The Bertz CT molecular complexity index is 216. The van der Waals surface area contributed by atoms with Gasteiger partial charge in [-0.15, -0.1) is 0 Å². The second-order valence-electron chi connectivity index (χ2n) is 5.64. The van der Waals surface area contributed by atoms with Crippen molar-refractivity contribution in [3.8, 4) is 0 Å². The van der Waals surface area contributed by atoms with Gasteiger partial charge < -0.3 is 5.32 Å². The standard InChI is InChI=1S/C12H23F2N/c1-5-15-12(10(13)14)7-6-11(3,4)8-9(12)2/h9-10,15H,5-8H2,1-4H3. The number of nitrogens with one attached hydrogen (secondary N) is 1. The van der Waals surface area contributed by atoms with E-state index in [-0.39, 0.29) is 11.3 Å². The maximum atomic E-state index is 13.2. The van der Waals surface area contributed by atoms with E-state index in [1.54, 1.807) is 0 Å². The summed E-state index contributed by atoms with van der Waals surface area (Å²) < 4.78 is 26.4. The highest BCUT2D eigenvalue weighted by molar-refractivity contribution is 5.01. The van der Waals surface area contributed by atoms with Gasteiger partial charge in [0.1, 0.15) is 0 Å². The van der Waals surface area contributed by atoms with Crippen molar-refractivity contribution in [3.63, 3.8) is 0 Å². The zero-order valence-corrected chi connectivity index (χ0v) is 10.2. The SMILES string of the molecule is CCNC1(C(F)F)CCC(C)(C)CC1C. The van der Waals surface area contributed by atoms with Crippen LogP contribution >= 0.6 is 0 Å². The molecule has 0 bridgehead atoms. The van der Waals surface area contributed by atoms with Gasteiger partial charge in [-0.1, -0.05) is 27.7 Å². The molecule has 1 aliphatic rings. The van der Waals surface area contributed by atoms with Gasteiger partial charge in [0.2, 0.25) is 0 Å². The van der Waals surface area contributed by atoms with E-state index >= 15 is 0 Å². The third-order valence-corrected chi connectivity index (χ3v) is 3.85. The predicted molar refractivity (Wildman–Crippen MR) is 59.2 cm³/mol. The molecule has 0 spiro atoms. The Balaban J connectivity index is 2.82. The molecule has 0 heterocycles. The van der Waals surface area contributed by atoms with E-state index in [1.807, 2.05) is 13.8 Å². The molecule has 1 fully saturated rings. The quantitative estimate of drug-likeness (QED) is 0.766. The van der Waals surface area contributed by atoms with Crippen LogP contribution in [0.5, 0.6) is 0 Å². The summed E-state index contributed by atoms with van der Waals surface area (Å²) in [6, 6.07) is 0. The molecule has 90 valence electrons. The molecule has 0 radical (unpaired) electrons. The average molecular weight is 219 g/mol. The summed E-state index contributed by atoms with van der Waals surface area (Å²) in [6.07, 6.45) is 0.0923. The lowest BCUT2D eigenvalue weighted by Gasteiger charge is -2.48. The molecule has 0 amide bonds. The van der Waals surface area contributed by atoms with Crippen molar-refractivity contribution in [1.29, 1.82) is 0 Å². The van der Waals surface area contributed by atoms with E-state index in [9.17, 15) is 8.78 Å². The fourth-order valence-electron chi connectivity index (χ4n) is 2.90. The monoisotopic (exact) mass is 219 g/mol. The van der Waals surface area contributed by atoms with Crippen LogP contribution in [0.4, 0.5) is 8.78 Å². The van der Waals surface area contributed by atoms with Crippen LogP contribution in [0.3, 0.4) is 0 Å². The van der Waals surface area contributed by atoms with Gasteiger partial charge in [0.25, 0.3) is 6.43 Å². The minimum Gasteiger partial charge on any atom is -0.306 e. The van der Waals surface area contributed by atoms with Crippen molar-refractivity contribution in [1.82, 2.24) is 5.32 Å². The maximum Gasteiger partial charge on any atom is 0.256 e. The molecule has 15 heavy (non-hydrogen) atoms. The normalized spacial score (nSPS) is 35.8. The molecule has 0 saturated heterocycles. The first-order valence-corrected chi connectivity index (χ1v) is 5.87. The topological polar surface area (TPSA) is 12.0 Å². The van der Waals surface area contributed by atoms with E-state index in [2.05, 4.69) is 19.2 Å². The molecule has 0 aromatic heterocycles. The van der Waals surface area contributed by atoms with Gasteiger partial charge in [-0.25, -0.2) is 8.78 Å². The number of alkyl halides is 2. The zero-order chi connectivity index (χ0) is 11.7. The largest absolute Gasteiger partial charge is 0.306 e. The van der Waals surface area contributed by atoms with E-state index in [0.717, 1.165) is 12.8 Å². The molecule has 1 nitrogen and oxygen atoms in total. The summed E-state index contributed by atoms with van der Waals surface area (Å²) in [4.78, 5) is 0. The molecule has 2 unspecified atom stereocenters. The van der Waals surface area contributed by atoms with Crippen LogP contribution in [0.25, 0.3) is 0 Å². The smallest absolute Gasteiger partial charge is 0.256 e. The van der Waals surface area contributed by atoms with Gasteiger partial charge in [-0.2, -0.15) is 0 Å². The summed E-state index contributed by atoms with van der Waals surface area (Å²) in [5, 5.41) is 3.03. The molecule has 0 aromatic carbocycles. The summed E-state index contributed by atoms with van der Waals surface area (Å²) in [7, 11) is 0. The summed E-state index contributed by atoms with van der Waals surface area (Å²) >= 11 is 0. The number of hydrogen-bond acceptors (Lipinski definition) is 1. The Hall–Kier alpha value is -0.180. The van der Waals surface area contributed by atoms with Crippen LogP contribution in [0.2, 0.25) is 0 Å². The minimum atomic E-state index is -2.26. The third-order valence-electron chi connectivity index (χ3n) is 3.85. The summed E-state index contributed by atoms with van der Waals surface area (Å²) in [6.45, 7) is 8.82. The first-order valence-electron chi connectivity index (χ1n) is 5.87. The summed E-state index contributed by atoms with van der Waals surface area (Å²) in [5.74, 6) is 0.0428. The van der Waals surface area contributed by atoms with E-state index in [1.165, 1.54) is 0 Å². The van der Waals surface area contributed by atoms with Crippen LogP contribution in [0, 0.1) is 11.3 Å². The molecule has 2 atom stereocenters. The fourth-order valence-corrected chi connectivity index (χ4v) is 2.90. The van der Waals surface area contributed by atoms with Gasteiger partial charge in [-0.05, 0) is 37.1 Å². The Morgan fingerprint density at radius 1 is 1.33 bits per heavy atom. The molecule has 1 N–H and O–H groups in total. The first-order chi connectivity index (χ1) is 6.84. The highest BCUT2D eigenvalue weighted by Gasteiger charge is 2.49. The van der Waals surface area contributed by atoms with Gasteiger partial charge >= 0.3 is 0 Å². The van der Waals surface area contributed by atoms with Crippen LogP contribution in [-0.2, 0) is 0 Å². The first kappa shape index (κ1) is 12.9. The van der Waals surface area contributed by atoms with Crippen molar-refractivity contribution in [2.24, 2.45) is 11.3 Å². The summed E-state index contributed by atoms with van der Waals surface area (Å²) in [5.41, 5.74) is -0.725. The van der Waals surface area contributed by atoms with Crippen LogP contribution in [0.15, 0.2) is 0 Å². The Morgan fingerprint density at radius 3 is 2.33 bits per heavy atom. The molecule has 1 rings (SSSR count). The Morgan fingerprint density at radius 2 is 1.93 bits per heavy atom. The molecule has 1 saturated carbocycles. The predicted octanol–water partition coefficient (Wildman–Crippen LogP) is 3.45. The highest BCUT2D eigenvalue weighted by atomic mass is 19.3. The number of halogens is 2. The molecule has 0 aliphatic heterocycles. The maximum absolute atomic E-state index is 13.2. The average Bonchev–Trinajstić information content (AvgIpc) is 2.09. The van der Waals surface area contributed by atoms with E-state index < -0.39 is 12.0 Å². The van der Waals surface area contributed by atoms with Gasteiger partial charge in [-0.3, -0.25) is 0 Å². The molecular formula is C12H23F2N. The van der Waals surface area contributed by atoms with Crippen molar-refractivity contribution < 1.29 is 8.78 Å². The molecule has 1 aliphatic carbocycles. The van der Waals surface area contributed by atoms with Crippen molar-refractivity contribution in [2.45, 2.75) is 58.9 Å². The fraction of sp³-hybridized carbons (Fsp3) is 1.00. The lowest BCUT2D eigenvalue weighted by molar-refractivity contribution is -0.0479. The van der Waals surface area contributed by atoms with Gasteiger partial charge in [0.05, 0.1) is 5.54 Å². The third kappa shape index (κ3) is 2.49. The van der Waals surface area contributed by atoms with Crippen LogP contribution in [-0.4, -0.2) is 18.5 Å². The second-order valence-corrected chi connectivity index (χ2v) is 5.64. The highest BCUT2D eigenvalue weighted by Crippen LogP contribution is 2.46. The minimum absolute atomic E-state index is 0.0428. The van der Waals surface area contributed by atoms with Crippen LogP contribution in [0.1, 0.15) is 47.0 Å². The zero-order valence-electron chi connectivity index (χ0n) is 10.2. The molecule has 0 aromatic rings. The number of rotatable bonds is 3. The van der Waals surface area contributed by atoms with E-state index in [4.69, 9.17) is 0 Å². The molecular weight excluding hydrogens is 196 g/mol. The lowest BCUT2D eigenvalue weighted by atomic mass is 9.64. The van der Waals surface area contributed by atoms with E-state index in [0.29, 0.717) is 13.0 Å². The number of hydrogen-bond donors (Lipinski definition) is 1. The van der Waals surface area contributed by atoms with Crippen molar-refractivity contribution in [3.05, 3.63) is 0 Å². The molecule has 3 heteroatoms. The van der Waals surface area contributed by atoms with Crippen molar-refractivity contribution in [2.75, 3.05) is 6.54 Å². The Labute approximate surface area is 91.6 Å². The van der Waals surface area contributed by atoms with Gasteiger partial charge in [0, 0.05) is 0 Å². The van der Waals surface area contributed by atoms with Crippen LogP contribution < -0.4 is 5.32 Å². The van der Waals surface area contributed by atoms with Gasteiger partial charge in [0.15, 0.2) is 0 Å². The van der Waals surface area contributed by atoms with Crippen molar-refractivity contribution >= 4 is 0 Å². The lowest BCUT2D eigenvalue weighted by Crippen LogP contribution is -2.59. The second kappa shape index (κ2) is 4.36.